The summed E-state index contributed by atoms with van der Waals surface area (Å²) in [5.41, 5.74) is 0. The van der Waals surface area contributed by atoms with Gasteiger partial charge in [-0.25, -0.2) is 0 Å². The van der Waals surface area contributed by atoms with E-state index in [1.807, 2.05) is 0 Å². The lowest BCUT2D eigenvalue weighted by molar-refractivity contribution is -0.159. The molecule has 0 aromatic carbocycles. The zero-order valence-corrected chi connectivity index (χ0v) is 8.13. The predicted octanol–water partition coefficient (Wildman–Crippen LogP) is 2.32. The number of hydrogen-bond acceptors (Lipinski definition) is 4. The van der Waals surface area contributed by atoms with Gasteiger partial charge in [-0.1, -0.05) is 19.0 Å². The minimum Gasteiger partial charge on any atom is -0.329 e. The molecule has 0 fully saturated rings. The van der Waals surface area contributed by atoms with Crippen molar-refractivity contribution in [3.8, 4) is 0 Å². The molecule has 1 heterocycles. The number of hydrogen-bond donors (Lipinski definition) is 0. The predicted molar refractivity (Wildman–Crippen MR) is 43.1 cm³/mol. The maximum absolute atomic E-state index is 12.0. The topological polar surface area (TPSA) is 56.0 Å². The number of carbonyl (C=O) groups excluding carboxylic acids is 1. The Morgan fingerprint density at radius 3 is 2.53 bits per heavy atom. The molecule has 7 heteroatoms. The van der Waals surface area contributed by atoms with Crippen molar-refractivity contribution in [3.05, 3.63) is 11.7 Å². The molecular weight excluding hydrogens is 213 g/mol. The Morgan fingerprint density at radius 2 is 2.13 bits per heavy atom. The molecule has 84 valence electrons. The van der Waals surface area contributed by atoms with E-state index in [9.17, 15) is 18.0 Å². The van der Waals surface area contributed by atoms with Crippen LogP contribution in [0.4, 0.5) is 13.2 Å². The Bertz CT molecular complexity index is 359. The number of carbonyl (C=O) groups is 1. The Kier molecular flexibility index (Phi) is 3.11. The fraction of sp³-hybridized carbons (Fsp3) is 0.625. The molecule has 0 aliphatic rings. The van der Waals surface area contributed by atoms with E-state index < -0.39 is 29.6 Å². The SMILES string of the molecule is CCC(C)C(=O)c1noc(C(F)(F)F)n1. The van der Waals surface area contributed by atoms with E-state index in [0.717, 1.165) is 0 Å². The van der Waals surface area contributed by atoms with Gasteiger partial charge in [0.25, 0.3) is 0 Å². The summed E-state index contributed by atoms with van der Waals surface area (Å²) < 4.78 is 40.1. The fourth-order valence-corrected chi connectivity index (χ4v) is 0.844. The number of halogens is 3. The largest absolute Gasteiger partial charge is 0.471 e. The first-order valence-corrected chi connectivity index (χ1v) is 4.31. The summed E-state index contributed by atoms with van der Waals surface area (Å²) in [5.74, 6) is -2.97. The van der Waals surface area contributed by atoms with Crippen LogP contribution in [0.5, 0.6) is 0 Å². The Morgan fingerprint density at radius 1 is 1.53 bits per heavy atom. The van der Waals surface area contributed by atoms with Crippen LogP contribution in [0.3, 0.4) is 0 Å². The highest BCUT2D eigenvalue weighted by molar-refractivity contribution is 5.93. The van der Waals surface area contributed by atoms with Gasteiger partial charge in [-0.2, -0.15) is 18.2 Å². The van der Waals surface area contributed by atoms with Crippen molar-refractivity contribution < 1.29 is 22.5 Å². The van der Waals surface area contributed by atoms with Gasteiger partial charge in [0.15, 0.2) is 0 Å². The average molecular weight is 222 g/mol. The highest BCUT2D eigenvalue weighted by Crippen LogP contribution is 2.27. The lowest BCUT2D eigenvalue weighted by atomic mass is 10.0. The van der Waals surface area contributed by atoms with Crippen LogP contribution < -0.4 is 0 Å². The molecule has 0 bridgehead atoms. The maximum atomic E-state index is 12.0. The van der Waals surface area contributed by atoms with Crippen molar-refractivity contribution in [2.24, 2.45) is 5.92 Å². The van der Waals surface area contributed by atoms with Gasteiger partial charge in [0.1, 0.15) is 0 Å². The van der Waals surface area contributed by atoms with Crippen LogP contribution in [0, 0.1) is 5.92 Å². The number of ketones is 1. The lowest BCUT2D eigenvalue weighted by Crippen LogP contribution is -2.13. The second-order valence-electron chi connectivity index (χ2n) is 3.09. The summed E-state index contributed by atoms with van der Waals surface area (Å²) in [4.78, 5) is 14.4. The molecular formula is C8H9F3N2O2. The van der Waals surface area contributed by atoms with Gasteiger partial charge in [-0.3, -0.25) is 4.79 Å². The van der Waals surface area contributed by atoms with E-state index in [0.29, 0.717) is 6.42 Å². The molecule has 1 rings (SSSR count). The van der Waals surface area contributed by atoms with Crippen molar-refractivity contribution in [1.29, 1.82) is 0 Å². The molecule has 1 atom stereocenters. The van der Waals surface area contributed by atoms with Crippen LogP contribution in [0.25, 0.3) is 0 Å². The monoisotopic (exact) mass is 222 g/mol. The third-order valence-corrected chi connectivity index (χ3v) is 1.95. The molecule has 0 saturated carbocycles. The molecule has 15 heavy (non-hydrogen) atoms. The number of rotatable bonds is 3. The van der Waals surface area contributed by atoms with E-state index in [1.54, 1.807) is 13.8 Å². The molecule has 1 unspecified atom stereocenters. The molecule has 1 aromatic rings. The Balaban J connectivity index is 2.90. The van der Waals surface area contributed by atoms with E-state index in [2.05, 4.69) is 14.7 Å². The minimum absolute atomic E-state index is 0.413. The number of aromatic nitrogens is 2. The standard InChI is InChI=1S/C8H9F3N2O2/c1-3-4(2)5(14)6-12-7(15-13-6)8(9,10)11/h4H,3H2,1-2H3. The molecule has 0 aliphatic heterocycles. The van der Waals surface area contributed by atoms with Crippen LogP contribution in [0.1, 0.15) is 36.8 Å². The normalized spacial score (nSPS) is 13.9. The van der Waals surface area contributed by atoms with Crippen molar-refractivity contribution in [1.82, 2.24) is 10.1 Å². The second-order valence-corrected chi connectivity index (χ2v) is 3.09. The smallest absolute Gasteiger partial charge is 0.329 e. The molecule has 0 radical (unpaired) electrons. The van der Waals surface area contributed by atoms with E-state index in [1.165, 1.54) is 0 Å². The van der Waals surface area contributed by atoms with Gasteiger partial charge in [0.05, 0.1) is 0 Å². The Labute approximate surface area is 83.5 Å². The first-order chi connectivity index (χ1) is 6.86. The molecule has 0 aliphatic carbocycles. The number of nitrogens with zero attached hydrogens (tertiary/aromatic N) is 2. The summed E-state index contributed by atoms with van der Waals surface area (Å²) in [6.45, 7) is 3.33. The first-order valence-electron chi connectivity index (χ1n) is 4.31. The molecule has 0 N–H and O–H groups in total. The van der Waals surface area contributed by atoms with Crippen LogP contribution in [0.2, 0.25) is 0 Å². The number of Topliss-reactive ketones (excluding diaryl/α,β-unsaturated/α-hetero) is 1. The van der Waals surface area contributed by atoms with Crippen molar-refractivity contribution in [3.63, 3.8) is 0 Å². The molecule has 0 amide bonds. The highest BCUT2D eigenvalue weighted by atomic mass is 19.4. The van der Waals surface area contributed by atoms with Crippen LogP contribution >= 0.6 is 0 Å². The van der Waals surface area contributed by atoms with Gasteiger partial charge in [0, 0.05) is 5.92 Å². The second kappa shape index (κ2) is 4.00. The van der Waals surface area contributed by atoms with Crippen LogP contribution in [-0.4, -0.2) is 15.9 Å². The van der Waals surface area contributed by atoms with Crippen molar-refractivity contribution >= 4 is 5.78 Å². The summed E-state index contributed by atoms with van der Waals surface area (Å²) in [6.07, 6.45) is -4.20. The van der Waals surface area contributed by atoms with Crippen LogP contribution in [-0.2, 0) is 6.18 Å². The fourth-order valence-electron chi connectivity index (χ4n) is 0.844. The summed E-state index contributed by atoms with van der Waals surface area (Å²) in [6, 6.07) is 0. The summed E-state index contributed by atoms with van der Waals surface area (Å²) in [7, 11) is 0. The molecule has 0 spiro atoms. The van der Waals surface area contributed by atoms with Gasteiger partial charge < -0.3 is 4.52 Å². The van der Waals surface area contributed by atoms with Gasteiger partial charge in [0.2, 0.25) is 11.6 Å². The zero-order chi connectivity index (χ0) is 11.6. The van der Waals surface area contributed by atoms with E-state index in [-0.39, 0.29) is 0 Å². The molecule has 4 nitrogen and oxygen atoms in total. The molecule has 0 saturated heterocycles. The summed E-state index contributed by atoms with van der Waals surface area (Å²) in [5, 5.41) is 3.00. The quantitative estimate of drug-likeness (QED) is 0.736. The third-order valence-electron chi connectivity index (χ3n) is 1.95. The maximum Gasteiger partial charge on any atom is 0.471 e. The van der Waals surface area contributed by atoms with Gasteiger partial charge in [-0.15, -0.1) is 0 Å². The van der Waals surface area contributed by atoms with E-state index >= 15 is 0 Å². The first kappa shape index (κ1) is 11.7. The summed E-state index contributed by atoms with van der Waals surface area (Å²) >= 11 is 0. The van der Waals surface area contributed by atoms with Gasteiger partial charge >= 0.3 is 12.1 Å². The van der Waals surface area contributed by atoms with Gasteiger partial charge in [-0.05, 0) is 6.42 Å². The molecule has 1 aromatic heterocycles. The minimum atomic E-state index is -4.71. The Hall–Kier alpha value is -1.40. The third kappa shape index (κ3) is 2.54. The van der Waals surface area contributed by atoms with Crippen molar-refractivity contribution in [2.75, 3.05) is 0 Å². The van der Waals surface area contributed by atoms with Crippen LogP contribution in [0.15, 0.2) is 4.52 Å². The van der Waals surface area contributed by atoms with Crippen molar-refractivity contribution in [2.45, 2.75) is 26.4 Å². The number of alkyl halides is 3. The van der Waals surface area contributed by atoms with E-state index in [4.69, 9.17) is 0 Å². The zero-order valence-electron chi connectivity index (χ0n) is 8.13. The highest BCUT2D eigenvalue weighted by Gasteiger charge is 2.39. The average Bonchev–Trinajstić information content (AvgIpc) is 2.63. The lowest BCUT2D eigenvalue weighted by Gasteiger charge is -2.01.